The maximum atomic E-state index is 12.7. The highest BCUT2D eigenvalue weighted by Gasteiger charge is 2.12. The molecule has 3 aromatic rings. The molecular weight excluding hydrogens is 416 g/mol. The van der Waals surface area contributed by atoms with Crippen molar-refractivity contribution in [3.8, 4) is 0 Å². The van der Waals surface area contributed by atoms with Crippen molar-refractivity contribution in [1.29, 1.82) is 0 Å². The Bertz CT molecular complexity index is 1040. The van der Waals surface area contributed by atoms with E-state index < -0.39 is 12.0 Å². The van der Waals surface area contributed by atoms with Crippen LogP contribution in [0.4, 0.5) is 16.3 Å². The number of anilines is 2. The lowest BCUT2D eigenvalue weighted by atomic mass is 10.2. The van der Waals surface area contributed by atoms with Gasteiger partial charge in [-0.1, -0.05) is 48.0 Å². The molecule has 3 rings (SSSR count). The van der Waals surface area contributed by atoms with Gasteiger partial charge in [-0.15, -0.1) is 0 Å². The summed E-state index contributed by atoms with van der Waals surface area (Å²) in [5.41, 5.74) is 7.87. The Balaban J connectivity index is 1.63. The number of nitrogens with two attached hydrogens (primary N) is 1. The van der Waals surface area contributed by atoms with E-state index in [1.54, 1.807) is 6.07 Å². The average molecular weight is 439 g/mol. The van der Waals surface area contributed by atoms with Gasteiger partial charge in [0.15, 0.2) is 0 Å². The molecule has 4 N–H and O–H groups in total. The maximum absolute atomic E-state index is 12.7. The third kappa shape index (κ3) is 7.09. The summed E-state index contributed by atoms with van der Waals surface area (Å²) in [6.45, 7) is 0.705. The van der Waals surface area contributed by atoms with Crippen LogP contribution in [0.25, 0.3) is 0 Å². The maximum Gasteiger partial charge on any atom is 0.411 e. The van der Waals surface area contributed by atoms with Crippen LogP contribution in [0.3, 0.4) is 0 Å². The number of aryl methyl sites for hydroxylation is 1. The van der Waals surface area contributed by atoms with Crippen molar-refractivity contribution in [3.05, 3.63) is 88.6 Å². The van der Waals surface area contributed by atoms with Crippen LogP contribution in [0.5, 0.6) is 0 Å². The van der Waals surface area contributed by atoms with Gasteiger partial charge in [0.05, 0.1) is 0 Å². The number of halogens is 1. The molecule has 0 aliphatic heterocycles. The van der Waals surface area contributed by atoms with E-state index in [-0.39, 0.29) is 12.2 Å². The Morgan fingerprint density at radius 2 is 1.81 bits per heavy atom. The fourth-order valence-electron chi connectivity index (χ4n) is 2.83. The van der Waals surface area contributed by atoms with Crippen molar-refractivity contribution in [1.82, 2.24) is 4.98 Å². The van der Waals surface area contributed by atoms with Gasteiger partial charge in [-0.25, -0.2) is 9.78 Å². The van der Waals surface area contributed by atoms with Crippen molar-refractivity contribution < 1.29 is 14.3 Å². The molecule has 0 aliphatic carbocycles. The third-order valence-electron chi connectivity index (χ3n) is 4.30. The highest BCUT2D eigenvalue weighted by Crippen LogP contribution is 2.20. The Morgan fingerprint density at radius 3 is 2.58 bits per heavy atom. The van der Waals surface area contributed by atoms with Crippen molar-refractivity contribution in [2.75, 3.05) is 17.2 Å². The molecule has 0 spiro atoms. The van der Waals surface area contributed by atoms with Crippen molar-refractivity contribution >= 4 is 35.1 Å². The van der Waals surface area contributed by atoms with Crippen molar-refractivity contribution in [2.24, 2.45) is 5.73 Å². The van der Waals surface area contributed by atoms with Crippen LogP contribution in [0.1, 0.15) is 28.0 Å². The summed E-state index contributed by atoms with van der Waals surface area (Å²) in [5.74, 6) is 0.0305. The van der Waals surface area contributed by atoms with Crippen LogP contribution < -0.4 is 16.4 Å². The van der Waals surface area contributed by atoms with Gasteiger partial charge in [-0.2, -0.15) is 0 Å². The highest BCUT2D eigenvalue weighted by molar-refractivity contribution is 6.31. The number of nitrogens with zero attached hydrogens (tertiary/aromatic N) is 1. The number of carbonyl (C=O) groups is 2. The zero-order valence-corrected chi connectivity index (χ0v) is 17.6. The molecule has 31 heavy (non-hydrogen) atoms. The molecule has 0 saturated heterocycles. The highest BCUT2D eigenvalue weighted by atomic mass is 35.5. The molecule has 8 heteroatoms. The smallest absolute Gasteiger partial charge is 0.411 e. The van der Waals surface area contributed by atoms with Crippen molar-refractivity contribution in [3.63, 3.8) is 0 Å². The van der Waals surface area contributed by atoms with Crippen LogP contribution in [0, 0.1) is 0 Å². The minimum absolute atomic E-state index is 0.132. The number of ether oxygens (including phenoxy) is 1. The zero-order chi connectivity index (χ0) is 22.1. The fraction of sp³-hybridized carbons (Fsp3) is 0.174. The van der Waals surface area contributed by atoms with Gasteiger partial charge in [0.2, 0.25) is 0 Å². The molecule has 1 aromatic heterocycles. The fourth-order valence-corrected chi connectivity index (χ4v) is 3.07. The van der Waals surface area contributed by atoms with Gasteiger partial charge in [-0.3, -0.25) is 10.1 Å². The zero-order valence-electron chi connectivity index (χ0n) is 16.8. The summed E-state index contributed by atoms with van der Waals surface area (Å²) in [6, 6.07) is 19.3. The molecule has 2 aromatic carbocycles. The predicted octanol–water partition coefficient (Wildman–Crippen LogP) is 4.63. The number of nitrogens with one attached hydrogen (secondary N) is 2. The molecule has 0 radical (unpaired) electrons. The van der Waals surface area contributed by atoms with E-state index in [9.17, 15) is 9.59 Å². The minimum atomic E-state index is -0.647. The summed E-state index contributed by atoms with van der Waals surface area (Å²) < 4.78 is 5.20. The van der Waals surface area contributed by atoms with Crippen LogP contribution in [-0.4, -0.2) is 23.5 Å². The van der Waals surface area contributed by atoms with E-state index >= 15 is 0 Å². The molecule has 0 aliphatic rings. The molecule has 2 amide bonds. The SMILES string of the molecule is NCCCc1cccc(NC(=O)c2cc(Cl)cc(NC(=O)OCc3ccccc3)c2)n1. The van der Waals surface area contributed by atoms with Gasteiger partial charge in [0.25, 0.3) is 5.91 Å². The first-order chi connectivity index (χ1) is 15.0. The van der Waals surface area contributed by atoms with Gasteiger partial charge in [0.1, 0.15) is 12.4 Å². The second-order valence-corrected chi connectivity index (χ2v) is 7.21. The third-order valence-corrected chi connectivity index (χ3v) is 4.52. The molecule has 0 saturated carbocycles. The molecule has 7 nitrogen and oxygen atoms in total. The van der Waals surface area contributed by atoms with Crippen molar-refractivity contribution in [2.45, 2.75) is 19.4 Å². The lowest BCUT2D eigenvalue weighted by molar-refractivity contribution is 0.102. The number of amides is 2. The summed E-state index contributed by atoms with van der Waals surface area (Å²) in [5, 5.41) is 5.64. The van der Waals surface area contributed by atoms with Gasteiger partial charge < -0.3 is 15.8 Å². The second kappa shape index (κ2) is 11.1. The van der Waals surface area contributed by atoms with E-state index in [1.807, 2.05) is 42.5 Å². The van der Waals surface area contributed by atoms with E-state index in [4.69, 9.17) is 22.1 Å². The Labute approximate surface area is 185 Å². The number of pyridine rings is 1. The molecule has 0 unspecified atom stereocenters. The van der Waals surface area contributed by atoms with Gasteiger partial charge in [0, 0.05) is 22.0 Å². The average Bonchev–Trinajstić information content (AvgIpc) is 2.77. The molecule has 0 fully saturated rings. The van der Waals surface area contributed by atoms with E-state index in [0.29, 0.717) is 23.1 Å². The largest absolute Gasteiger partial charge is 0.444 e. The summed E-state index contributed by atoms with van der Waals surface area (Å²) in [6.07, 6.45) is 0.900. The lowest BCUT2D eigenvalue weighted by Crippen LogP contribution is -2.16. The van der Waals surface area contributed by atoms with E-state index in [0.717, 1.165) is 24.1 Å². The molecule has 1 heterocycles. The first-order valence-electron chi connectivity index (χ1n) is 9.79. The first-order valence-corrected chi connectivity index (χ1v) is 10.2. The molecule has 0 bridgehead atoms. The monoisotopic (exact) mass is 438 g/mol. The number of carbonyl (C=O) groups excluding carboxylic acids is 2. The summed E-state index contributed by atoms with van der Waals surface area (Å²) >= 11 is 6.14. The van der Waals surface area contributed by atoms with Crippen LogP contribution in [-0.2, 0) is 17.8 Å². The van der Waals surface area contributed by atoms with Crippen LogP contribution in [0.2, 0.25) is 5.02 Å². The number of rotatable bonds is 8. The van der Waals surface area contributed by atoms with Crippen LogP contribution >= 0.6 is 11.6 Å². The number of benzene rings is 2. The standard InChI is InChI=1S/C23H23ClN4O3/c24-18-12-17(22(29)28-21-10-4-8-19(26-21)9-5-11-25)13-20(14-18)27-23(30)31-15-16-6-2-1-3-7-16/h1-4,6-8,10,12-14H,5,9,11,15,25H2,(H,27,30)(H,26,28,29). The Morgan fingerprint density at radius 1 is 1.00 bits per heavy atom. The normalized spacial score (nSPS) is 10.4. The summed E-state index contributed by atoms with van der Waals surface area (Å²) in [4.78, 5) is 29.2. The Kier molecular flexibility index (Phi) is 7.98. The van der Waals surface area contributed by atoms with E-state index in [1.165, 1.54) is 18.2 Å². The van der Waals surface area contributed by atoms with Crippen LogP contribution in [0.15, 0.2) is 66.7 Å². The molecular formula is C23H23ClN4O3. The Hall–Kier alpha value is -3.42. The lowest BCUT2D eigenvalue weighted by Gasteiger charge is -2.10. The number of hydrogen-bond donors (Lipinski definition) is 3. The topological polar surface area (TPSA) is 106 Å². The minimum Gasteiger partial charge on any atom is -0.444 e. The van der Waals surface area contributed by atoms with Gasteiger partial charge >= 0.3 is 6.09 Å². The first kappa shape index (κ1) is 22.3. The second-order valence-electron chi connectivity index (χ2n) is 6.78. The number of hydrogen-bond acceptors (Lipinski definition) is 5. The number of aromatic nitrogens is 1. The summed E-state index contributed by atoms with van der Waals surface area (Å²) in [7, 11) is 0. The predicted molar refractivity (Wildman–Crippen MR) is 121 cm³/mol. The van der Waals surface area contributed by atoms with E-state index in [2.05, 4.69) is 15.6 Å². The quantitative estimate of drug-likeness (QED) is 0.475. The molecule has 0 atom stereocenters. The molecule has 160 valence electrons. The van der Waals surface area contributed by atoms with Gasteiger partial charge in [-0.05, 0) is 55.3 Å².